The number of rotatable bonds is 7. The number of carbonyl (C=O) groups is 1. The minimum atomic E-state index is -3.99. The summed E-state index contributed by atoms with van der Waals surface area (Å²) in [5.74, 6) is -2.74. The molecular formula is C17H21F2N5O4S. The highest BCUT2D eigenvalue weighted by atomic mass is 32.2. The number of nitrogens with one attached hydrogen (secondary N) is 1. The van der Waals surface area contributed by atoms with E-state index in [1.54, 1.807) is 0 Å². The third-order valence-electron chi connectivity index (χ3n) is 4.60. The van der Waals surface area contributed by atoms with Gasteiger partial charge >= 0.3 is 0 Å². The van der Waals surface area contributed by atoms with Crippen LogP contribution in [0.3, 0.4) is 0 Å². The highest BCUT2D eigenvalue weighted by Gasteiger charge is 2.32. The first-order valence-electron chi connectivity index (χ1n) is 8.97. The van der Waals surface area contributed by atoms with Crippen molar-refractivity contribution in [2.75, 3.05) is 33.4 Å². The Balaban J connectivity index is 1.72. The van der Waals surface area contributed by atoms with E-state index in [-0.39, 0.29) is 29.7 Å². The van der Waals surface area contributed by atoms with E-state index in [9.17, 15) is 22.0 Å². The van der Waals surface area contributed by atoms with E-state index in [1.165, 1.54) is 22.3 Å². The number of halogens is 2. The normalized spacial score (nSPS) is 18.0. The number of piperidine rings is 1. The molecule has 158 valence electrons. The van der Waals surface area contributed by atoms with Crippen LogP contribution in [0.25, 0.3) is 0 Å². The van der Waals surface area contributed by atoms with Gasteiger partial charge in [0.1, 0.15) is 0 Å². The van der Waals surface area contributed by atoms with Crippen molar-refractivity contribution < 1.29 is 26.7 Å². The first kappa shape index (κ1) is 21.3. The number of ether oxygens (including phenoxy) is 1. The van der Waals surface area contributed by atoms with E-state index < -0.39 is 27.6 Å². The Labute approximate surface area is 166 Å². The fraction of sp³-hybridized carbons (Fsp3) is 0.471. The quantitative estimate of drug-likeness (QED) is 0.657. The van der Waals surface area contributed by atoms with Crippen LogP contribution in [0.4, 0.5) is 8.78 Å². The van der Waals surface area contributed by atoms with Gasteiger partial charge in [-0.25, -0.2) is 21.9 Å². The van der Waals surface area contributed by atoms with E-state index in [1.807, 2.05) is 0 Å². The van der Waals surface area contributed by atoms with Crippen molar-refractivity contribution in [3.63, 3.8) is 0 Å². The molecule has 1 aromatic carbocycles. The van der Waals surface area contributed by atoms with Gasteiger partial charge in [0.2, 0.25) is 10.0 Å². The first-order valence-corrected chi connectivity index (χ1v) is 10.4. The van der Waals surface area contributed by atoms with Crippen LogP contribution in [0.15, 0.2) is 29.3 Å². The lowest BCUT2D eigenvalue weighted by Gasteiger charge is -2.31. The van der Waals surface area contributed by atoms with E-state index >= 15 is 0 Å². The Morgan fingerprint density at radius 2 is 2.14 bits per heavy atom. The van der Waals surface area contributed by atoms with Gasteiger partial charge in [0.25, 0.3) is 5.91 Å². The summed E-state index contributed by atoms with van der Waals surface area (Å²) in [6.45, 7) is 1.01. The summed E-state index contributed by atoms with van der Waals surface area (Å²) < 4.78 is 59.7. The summed E-state index contributed by atoms with van der Waals surface area (Å²) in [6, 6.07) is 2.16. The molecule has 1 N–H and O–H groups in total. The highest BCUT2D eigenvalue weighted by Crippen LogP contribution is 2.27. The second-order valence-electron chi connectivity index (χ2n) is 6.57. The molecule has 1 aliphatic rings. The Morgan fingerprint density at radius 3 is 2.86 bits per heavy atom. The standard InChI is InChI=1S/C17H21F2N5O4S/c1-28-8-6-20-17(25)16-11-24(22-21-16)12-3-2-7-23(10-12)29(26,27)13-4-5-14(18)15(19)9-13/h4-5,9,11-12H,2-3,6-8,10H2,1H3,(H,20,25). The average Bonchev–Trinajstić information content (AvgIpc) is 3.20. The van der Waals surface area contributed by atoms with Crippen LogP contribution in [0, 0.1) is 11.6 Å². The van der Waals surface area contributed by atoms with Gasteiger partial charge in [-0.05, 0) is 31.0 Å². The molecule has 2 aromatic rings. The molecule has 3 rings (SSSR count). The Bertz CT molecular complexity index is 982. The molecule has 0 radical (unpaired) electrons. The summed E-state index contributed by atoms with van der Waals surface area (Å²) in [7, 11) is -2.48. The predicted octanol–water partition coefficient (Wildman–Crippen LogP) is 0.958. The molecule has 0 saturated carbocycles. The third kappa shape index (κ3) is 4.77. The molecule has 2 heterocycles. The van der Waals surface area contributed by atoms with E-state index in [4.69, 9.17) is 4.74 Å². The molecule has 1 amide bonds. The maximum atomic E-state index is 13.5. The summed E-state index contributed by atoms with van der Waals surface area (Å²) in [6.07, 6.45) is 2.64. The number of methoxy groups -OCH3 is 1. The van der Waals surface area contributed by atoms with Crippen LogP contribution >= 0.6 is 0 Å². The zero-order valence-corrected chi connectivity index (χ0v) is 16.5. The van der Waals surface area contributed by atoms with Crippen molar-refractivity contribution in [2.45, 2.75) is 23.8 Å². The molecular weight excluding hydrogens is 408 g/mol. The molecule has 12 heteroatoms. The summed E-state index contributed by atoms with van der Waals surface area (Å²) in [5.41, 5.74) is 0.113. The van der Waals surface area contributed by atoms with Crippen molar-refractivity contribution in [1.29, 1.82) is 0 Å². The lowest BCUT2D eigenvalue weighted by Crippen LogP contribution is -2.40. The predicted molar refractivity (Wildman–Crippen MR) is 97.6 cm³/mol. The SMILES string of the molecule is COCCNC(=O)c1cn(C2CCCN(S(=O)(=O)c3ccc(F)c(F)c3)C2)nn1. The van der Waals surface area contributed by atoms with Gasteiger partial charge in [0.05, 0.1) is 23.7 Å². The van der Waals surface area contributed by atoms with Gasteiger partial charge in [0.15, 0.2) is 17.3 Å². The van der Waals surface area contributed by atoms with E-state index in [2.05, 4.69) is 15.6 Å². The lowest BCUT2D eigenvalue weighted by molar-refractivity contribution is 0.0932. The van der Waals surface area contributed by atoms with Crippen LogP contribution < -0.4 is 5.32 Å². The van der Waals surface area contributed by atoms with Crippen LogP contribution in [0.1, 0.15) is 29.4 Å². The average molecular weight is 429 g/mol. The molecule has 9 nitrogen and oxygen atoms in total. The number of aromatic nitrogens is 3. The van der Waals surface area contributed by atoms with Gasteiger partial charge in [0, 0.05) is 26.7 Å². The van der Waals surface area contributed by atoms with Gasteiger partial charge < -0.3 is 10.1 Å². The highest BCUT2D eigenvalue weighted by molar-refractivity contribution is 7.89. The second-order valence-corrected chi connectivity index (χ2v) is 8.51. The molecule has 1 atom stereocenters. The number of hydrogen-bond acceptors (Lipinski definition) is 6. The first-order chi connectivity index (χ1) is 13.8. The minimum absolute atomic E-state index is 0.0788. The maximum absolute atomic E-state index is 13.5. The Morgan fingerprint density at radius 1 is 1.34 bits per heavy atom. The van der Waals surface area contributed by atoms with Gasteiger partial charge in [-0.3, -0.25) is 4.79 Å². The van der Waals surface area contributed by atoms with Crippen molar-refractivity contribution in [1.82, 2.24) is 24.6 Å². The van der Waals surface area contributed by atoms with Crippen molar-refractivity contribution in [3.8, 4) is 0 Å². The van der Waals surface area contributed by atoms with Gasteiger partial charge in [-0.1, -0.05) is 5.21 Å². The molecule has 0 aliphatic carbocycles. The molecule has 1 fully saturated rings. The number of hydrogen-bond donors (Lipinski definition) is 1. The van der Waals surface area contributed by atoms with Crippen molar-refractivity contribution >= 4 is 15.9 Å². The van der Waals surface area contributed by atoms with Crippen LogP contribution in [-0.4, -0.2) is 67.0 Å². The number of nitrogens with zero attached hydrogens (tertiary/aromatic N) is 4. The zero-order valence-electron chi connectivity index (χ0n) is 15.7. The zero-order chi connectivity index (χ0) is 21.0. The van der Waals surface area contributed by atoms with Crippen LogP contribution in [0.5, 0.6) is 0 Å². The molecule has 29 heavy (non-hydrogen) atoms. The minimum Gasteiger partial charge on any atom is -0.383 e. The molecule has 0 spiro atoms. The topological polar surface area (TPSA) is 106 Å². The Hall–Kier alpha value is -2.44. The van der Waals surface area contributed by atoms with Gasteiger partial charge in [-0.2, -0.15) is 4.31 Å². The molecule has 0 bridgehead atoms. The largest absolute Gasteiger partial charge is 0.383 e. The van der Waals surface area contributed by atoms with Crippen molar-refractivity contribution in [2.24, 2.45) is 0 Å². The smallest absolute Gasteiger partial charge is 0.273 e. The fourth-order valence-electron chi connectivity index (χ4n) is 3.06. The number of benzene rings is 1. The molecule has 1 aromatic heterocycles. The monoisotopic (exact) mass is 429 g/mol. The van der Waals surface area contributed by atoms with Crippen LogP contribution in [0.2, 0.25) is 0 Å². The third-order valence-corrected chi connectivity index (χ3v) is 6.46. The number of carbonyl (C=O) groups excluding carboxylic acids is 1. The lowest BCUT2D eigenvalue weighted by atomic mass is 10.1. The summed E-state index contributed by atoms with van der Waals surface area (Å²) >= 11 is 0. The molecule has 1 unspecified atom stereocenters. The summed E-state index contributed by atoms with van der Waals surface area (Å²) in [5, 5.41) is 10.4. The second kappa shape index (κ2) is 8.93. The summed E-state index contributed by atoms with van der Waals surface area (Å²) in [4.78, 5) is 11.7. The Kier molecular flexibility index (Phi) is 6.55. The van der Waals surface area contributed by atoms with Gasteiger partial charge in [-0.15, -0.1) is 5.10 Å². The van der Waals surface area contributed by atoms with Crippen LogP contribution in [-0.2, 0) is 14.8 Å². The number of amides is 1. The maximum Gasteiger partial charge on any atom is 0.273 e. The van der Waals surface area contributed by atoms with E-state index in [0.717, 1.165) is 12.1 Å². The van der Waals surface area contributed by atoms with E-state index in [0.29, 0.717) is 32.1 Å². The fourth-order valence-corrected chi connectivity index (χ4v) is 4.59. The molecule has 1 saturated heterocycles. The van der Waals surface area contributed by atoms with Crippen molar-refractivity contribution in [3.05, 3.63) is 41.7 Å². The molecule has 1 aliphatic heterocycles. The number of sulfonamides is 1.